The van der Waals surface area contributed by atoms with E-state index in [1.165, 1.54) is 267 Å². The molecule has 0 nitrogen and oxygen atoms in total. The zero-order chi connectivity index (χ0) is 81.1. The first kappa shape index (κ1) is 67.1. The topological polar surface area (TPSA) is 0 Å². The molecule has 0 heteroatoms. The van der Waals surface area contributed by atoms with Gasteiger partial charge in [-0.1, -0.05) is 388 Å². The number of hydrogen-bond acceptors (Lipinski definition) is 0. The van der Waals surface area contributed by atoms with E-state index in [0.717, 1.165) is 0 Å². The van der Waals surface area contributed by atoms with Crippen molar-refractivity contribution in [2.75, 3.05) is 0 Å². The van der Waals surface area contributed by atoms with Crippen molar-refractivity contribution in [3.05, 3.63) is 548 Å². The molecule has 20 aromatic rings. The fraction of sp³-hybridized carbons (Fsp3) is 0.0400. The Kier molecular flexibility index (Phi) is 12.6. The molecule has 0 amide bonds. The Morgan fingerprint density at radius 1 is 0.0800 bits per heavy atom. The quantitative estimate of drug-likeness (QED) is 0.165. The van der Waals surface area contributed by atoms with Crippen LogP contribution in [0.4, 0.5) is 0 Å². The third kappa shape index (κ3) is 7.81. The van der Waals surface area contributed by atoms with Crippen LogP contribution in [0.25, 0.3) is 156 Å². The van der Waals surface area contributed by atoms with Gasteiger partial charge < -0.3 is 0 Å². The minimum absolute atomic E-state index is 0.518. The maximum absolute atomic E-state index is 2.66. The molecule has 0 fully saturated rings. The lowest BCUT2D eigenvalue weighted by atomic mass is 9.68. The minimum Gasteiger partial charge on any atom is -0.0619 e. The molecular weight excluding hydrogens is 1500 g/mol. The van der Waals surface area contributed by atoms with Crippen molar-refractivity contribution in [2.45, 2.75) is 27.1 Å². The van der Waals surface area contributed by atoms with Gasteiger partial charge in [0.05, 0.1) is 27.1 Å². The van der Waals surface area contributed by atoms with Gasteiger partial charge in [0.1, 0.15) is 0 Å². The smallest absolute Gasteiger partial charge is 0.0619 e. The lowest BCUT2D eigenvalue weighted by Gasteiger charge is -2.32. The molecule has 30 rings (SSSR count). The van der Waals surface area contributed by atoms with Crippen LogP contribution in [0, 0.1) is 0 Å². The van der Waals surface area contributed by atoms with Crippen LogP contribution in [-0.2, 0) is 27.1 Å². The van der Waals surface area contributed by atoms with E-state index in [-0.39, 0.29) is 0 Å². The van der Waals surface area contributed by atoms with Crippen molar-refractivity contribution in [3.63, 3.8) is 0 Å². The van der Waals surface area contributed by atoms with Gasteiger partial charge in [-0.05, 0) is 316 Å². The third-order valence-electron chi connectivity index (χ3n) is 31.6. The SMILES string of the molecule is c1ccc2c(c1)-c1ccccc1C21c2ccccc2-c2ccc(-c3ccc4c(c3)C3(c5cc(-c6ccc7c(c6)C6(c8ccccc8-c8ccccc86)c6ccccc6-7)ccc5-4)c4cc(-c5ccc6c(c5)C5(c7ccccc7-c7ccccc75)c5ccccc5-6)ccc4-c4ccc(-c5ccc6c(c5)C5(c7ccccc7-c7ccccc75)c5ccccc5-6)cc43)cc21. The molecule has 0 radical (unpaired) electrons. The van der Waals surface area contributed by atoms with Crippen molar-refractivity contribution in [2.24, 2.45) is 0 Å². The molecule has 0 saturated carbocycles. The first-order valence-electron chi connectivity index (χ1n) is 44.3. The molecule has 0 unspecified atom stereocenters. The summed E-state index contributed by atoms with van der Waals surface area (Å²) in [6, 6.07) is 171. The minimum atomic E-state index is -0.878. The molecule has 5 spiro atoms. The lowest BCUT2D eigenvalue weighted by molar-refractivity contribution is 0.791. The van der Waals surface area contributed by atoms with Gasteiger partial charge in [-0.25, -0.2) is 0 Å². The molecule has 0 aromatic heterocycles. The molecular formula is C125H72. The highest BCUT2D eigenvalue weighted by molar-refractivity contribution is 6.05. The van der Waals surface area contributed by atoms with Gasteiger partial charge in [0.15, 0.2) is 0 Å². The van der Waals surface area contributed by atoms with Crippen molar-refractivity contribution < 1.29 is 0 Å². The summed E-state index contributed by atoms with van der Waals surface area (Å²) in [6.45, 7) is 0. The summed E-state index contributed by atoms with van der Waals surface area (Å²) in [5.74, 6) is 0. The van der Waals surface area contributed by atoms with Crippen LogP contribution in [0.2, 0.25) is 0 Å². The molecule has 10 aliphatic carbocycles. The second-order valence-corrected chi connectivity index (χ2v) is 36.4. The van der Waals surface area contributed by atoms with E-state index in [9.17, 15) is 0 Å². The third-order valence-corrected chi connectivity index (χ3v) is 31.6. The van der Waals surface area contributed by atoms with E-state index in [2.05, 4.69) is 437 Å². The number of benzene rings is 20. The van der Waals surface area contributed by atoms with Crippen molar-refractivity contribution >= 4 is 0 Å². The largest absolute Gasteiger partial charge is 0.0726 e. The van der Waals surface area contributed by atoms with E-state index in [1.807, 2.05) is 0 Å². The van der Waals surface area contributed by atoms with Gasteiger partial charge in [-0.3, -0.25) is 0 Å². The van der Waals surface area contributed by atoms with Gasteiger partial charge in [-0.15, -0.1) is 0 Å². The van der Waals surface area contributed by atoms with Gasteiger partial charge in [0.2, 0.25) is 0 Å². The summed E-state index contributed by atoms with van der Waals surface area (Å²) in [5, 5.41) is 0. The molecule has 0 saturated heterocycles. The molecule has 0 N–H and O–H groups in total. The van der Waals surface area contributed by atoms with E-state index in [4.69, 9.17) is 0 Å². The zero-order valence-corrected chi connectivity index (χ0v) is 68.1. The Bertz CT molecular complexity index is 7160. The fourth-order valence-electron chi connectivity index (χ4n) is 27.0. The molecule has 0 heterocycles. The van der Waals surface area contributed by atoms with E-state index >= 15 is 0 Å². The van der Waals surface area contributed by atoms with Gasteiger partial charge in [-0.2, -0.15) is 0 Å². The van der Waals surface area contributed by atoms with Crippen LogP contribution in [0.15, 0.2) is 437 Å². The Balaban J connectivity index is 0.684. The summed E-state index contributed by atoms with van der Waals surface area (Å²) in [4.78, 5) is 0. The van der Waals surface area contributed by atoms with E-state index in [0.29, 0.717) is 0 Å². The maximum Gasteiger partial charge on any atom is 0.0726 e. The second kappa shape index (κ2) is 23.6. The molecule has 10 aliphatic rings. The Labute approximate surface area is 725 Å². The first-order chi connectivity index (χ1) is 62.0. The van der Waals surface area contributed by atoms with Crippen LogP contribution < -0.4 is 0 Å². The fourth-order valence-corrected chi connectivity index (χ4v) is 27.0. The summed E-state index contributed by atoms with van der Waals surface area (Å²) < 4.78 is 0. The molecule has 0 aliphatic heterocycles. The number of fused-ring (bicyclic) bond motifs is 50. The second-order valence-electron chi connectivity index (χ2n) is 36.4. The first-order valence-corrected chi connectivity index (χ1v) is 44.3. The summed E-state index contributed by atoms with van der Waals surface area (Å²) >= 11 is 0. The normalized spacial score (nSPS) is 15.4. The Hall–Kier alpha value is -15.6. The highest BCUT2D eigenvalue weighted by Crippen LogP contribution is 2.71. The van der Waals surface area contributed by atoms with Crippen molar-refractivity contribution in [3.8, 4) is 156 Å². The maximum atomic E-state index is 2.66. The standard InChI is InChI=1S/C125H72/c1-13-37-101-81(25-1)82-26-2-14-38-102(82)121(101)109-45-21-9-33-89(109)93-57-49-73(65-113(93)121)77-53-61-97-98-62-54-78(74-50-58-94-90-34-10-22-46-110(90)122(114(94)66-74)103-39-15-3-27-83(103)84-28-4-16-40-104(84)122)70-118(98)125(117(97)69-77)119-71-79(75-51-59-95-91-35-11-23-47-111(91)123(115(95)67-75)105-41-17-5-29-85(105)86-30-6-18-42-106(86)123)55-63-99(119)100-64-56-80(72-120(100)125)76-52-60-96-92-36-12-24-48-112(92)124(116(96)68-76)107-43-19-7-31-87(107)88-32-8-20-44-108(88)124/h1-72H. The summed E-state index contributed by atoms with van der Waals surface area (Å²) in [6.07, 6.45) is 0. The molecule has 0 bridgehead atoms. The van der Waals surface area contributed by atoms with Gasteiger partial charge in [0.25, 0.3) is 0 Å². The Morgan fingerprint density at radius 2 is 0.168 bits per heavy atom. The molecule has 125 heavy (non-hydrogen) atoms. The van der Waals surface area contributed by atoms with Crippen molar-refractivity contribution in [1.29, 1.82) is 0 Å². The monoisotopic (exact) mass is 1570 g/mol. The average molecular weight is 1570 g/mol. The van der Waals surface area contributed by atoms with Crippen LogP contribution in [0.3, 0.4) is 0 Å². The molecule has 20 aromatic carbocycles. The van der Waals surface area contributed by atoms with Crippen LogP contribution in [-0.4, -0.2) is 0 Å². The zero-order valence-electron chi connectivity index (χ0n) is 68.1. The van der Waals surface area contributed by atoms with Crippen LogP contribution >= 0.6 is 0 Å². The highest BCUT2D eigenvalue weighted by atomic mass is 14.6. The van der Waals surface area contributed by atoms with E-state index in [1.54, 1.807) is 0 Å². The Morgan fingerprint density at radius 3 is 0.280 bits per heavy atom. The van der Waals surface area contributed by atoms with Crippen LogP contribution in [0.1, 0.15) is 111 Å². The van der Waals surface area contributed by atoms with Gasteiger partial charge >= 0.3 is 0 Å². The van der Waals surface area contributed by atoms with E-state index < -0.39 is 27.1 Å². The summed E-state index contributed by atoms with van der Waals surface area (Å²) in [7, 11) is 0. The predicted molar refractivity (Wildman–Crippen MR) is 510 cm³/mol. The van der Waals surface area contributed by atoms with Crippen molar-refractivity contribution in [1.82, 2.24) is 0 Å². The highest BCUT2D eigenvalue weighted by Gasteiger charge is 2.58. The van der Waals surface area contributed by atoms with Crippen LogP contribution in [0.5, 0.6) is 0 Å². The average Bonchev–Trinajstić information content (AvgIpc) is 1.50. The predicted octanol–water partition coefficient (Wildman–Crippen LogP) is 30.1. The van der Waals surface area contributed by atoms with Gasteiger partial charge in [0, 0.05) is 0 Å². The molecule has 572 valence electrons. The lowest BCUT2D eigenvalue weighted by Crippen LogP contribution is -2.26. The molecule has 0 atom stereocenters. The number of rotatable bonds is 4. The summed E-state index contributed by atoms with van der Waals surface area (Å²) in [5.41, 5.74) is 59.0. The number of hydrogen-bond donors (Lipinski definition) is 0.